The average Bonchev–Trinajstić information content (AvgIpc) is 2.53. The van der Waals surface area contributed by atoms with Crippen molar-refractivity contribution < 1.29 is 14.7 Å². The molecule has 0 aliphatic carbocycles. The second-order valence-corrected chi connectivity index (χ2v) is 4.34. The molecule has 0 saturated carbocycles. The van der Waals surface area contributed by atoms with Gasteiger partial charge in [0, 0.05) is 5.56 Å². The molecule has 0 aliphatic rings. The molecular formula is C16H15NO3. The first kappa shape index (κ1) is 14.0. The molecule has 0 bridgehead atoms. The van der Waals surface area contributed by atoms with Crippen molar-refractivity contribution >= 4 is 12.2 Å². The Morgan fingerprint density at radius 1 is 1.05 bits per heavy atom. The van der Waals surface area contributed by atoms with Crippen molar-refractivity contribution in [2.75, 3.05) is 6.61 Å². The Balaban J connectivity index is 2.12. The molecule has 4 heteroatoms. The van der Waals surface area contributed by atoms with E-state index < -0.39 is 12.6 Å². The van der Waals surface area contributed by atoms with Crippen LogP contribution in [0.3, 0.4) is 0 Å². The van der Waals surface area contributed by atoms with E-state index in [1.807, 2.05) is 42.5 Å². The number of amides is 1. The minimum Gasteiger partial charge on any atom is -0.394 e. The van der Waals surface area contributed by atoms with E-state index in [2.05, 4.69) is 5.32 Å². The molecule has 0 aromatic heterocycles. The van der Waals surface area contributed by atoms with Crippen molar-refractivity contribution in [2.24, 2.45) is 0 Å². The van der Waals surface area contributed by atoms with Crippen molar-refractivity contribution in [3.05, 3.63) is 60.2 Å². The molecule has 2 aromatic rings. The maximum Gasteiger partial charge on any atom is 0.251 e. The molecule has 2 aromatic carbocycles. The zero-order chi connectivity index (χ0) is 14.4. The van der Waals surface area contributed by atoms with Gasteiger partial charge in [0.25, 0.3) is 5.91 Å². The molecule has 0 heterocycles. The number of benzene rings is 2. The fourth-order valence-electron chi connectivity index (χ4n) is 1.82. The van der Waals surface area contributed by atoms with Crippen molar-refractivity contribution in [1.82, 2.24) is 5.32 Å². The highest BCUT2D eigenvalue weighted by Gasteiger charge is 2.11. The second-order valence-electron chi connectivity index (χ2n) is 4.34. The van der Waals surface area contributed by atoms with Gasteiger partial charge in [-0.25, -0.2) is 0 Å². The normalized spacial score (nSPS) is 11.7. The molecule has 1 amide bonds. The van der Waals surface area contributed by atoms with Crippen LogP contribution in [0, 0.1) is 0 Å². The number of hydrogen-bond acceptors (Lipinski definition) is 3. The average molecular weight is 269 g/mol. The summed E-state index contributed by atoms with van der Waals surface area (Å²) in [6.07, 6.45) is 0.510. The molecule has 0 radical (unpaired) electrons. The van der Waals surface area contributed by atoms with Crippen LogP contribution in [0.15, 0.2) is 54.6 Å². The van der Waals surface area contributed by atoms with Gasteiger partial charge in [0.2, 0.25) is 0 Å². The van der Waals surface area contributed by atoms with Gasteiger partial charge < -0.3 is 15.2 Å². The van der Waals surface area contributed by atoms with Gasteiger partial charge in [-0.05, 0) is 23.3 Å². The number of aliphatic hydroxyl groups is 1. The Bertz CT molecular complexity index is 578. The quantitative estimate of drug-likeness (QED) is 0.811. The minimum absolute atomic E-state index is 0.379. The lowest BCUT2D eigenvalue weighted by Crippen LogP contribution is -2.38. The Morgan fingerprint density at radius 3 is 2.20 bits per heavy atom. The summed E-state index contributed by atoms with van der Waals surface area (Å²) in [6.45, 7) is -0.405. The third-order valence-corrected chi connectivity index (χ3v) is 2.93. The lowest BCUT2D eigenvalue weighted by Gasteiger charge is -2.10. The Morgan fingerprint density at radius 2 is 1.65 bits per heavy atom. The van der Waals surface area contributed by atoms with Gasteiger partial charge >= 0.3 is 0 Å². The van der Waals surface area contributed by atoms with Crippen LogP contribution in [-0.2, 0) is 4.79 Å². The molecule has 2 N–H and O–H groups in total. The summed E-state index contributed by atoms with van der Waals surface area (Å²) in [5.74, 6) is -0.379. The van der Waals surface area contributed by atoms with E-state index in [4.69, 9.17) is 5.11 Å². The molecule has 1 atom stereocenters. The van der Waals surface area contributed by atoms with E-state index in [-0.39, 0.29) is 5.91 Å². The summed E-state index contributed by atoms with van der Waals surface area (Å²) in [5.41, 5.74) is 2.53. The smallest absolute Gasteiger partial charge is 0.251 e. The van der Waals surface area contributed by atoms with E-state index in [0.29, 0.717) is 11.8 Å². The number of aliphatic hydroxyl groups excluding tert-OH is 1. The fourth-order valence-corrected chi connectivity index (χ4v) is 1.82. The predicted octanol–water partition coefficient (Wildman–Crippen LogP) is 1.64. The van der Waals surface area contributed by atoms with Gasteiger partial charge in [0.1, 0.15) is 12.3 Å². The van der Waals surface area contributed by atoms with Crippen LogP contribution in [0.4, 0.5) is 0 Å². The second kappa shape index (κ2) is 6.63. The molecular weight excluding hydrogens is 254 g/mol. The number of aldehydes is 1. The third kappa shape index (κ3) is 3.30. The Hall–Kier alpha value is -2.46. The molecule has 0 fully saturated rings. The number of hydrogen-bond donors (Lipinski definition) is 2. The predicted molar refractivity (Wildman–Crippen MR) is 76.3 cm³/mol. The van der Waals surface area contributed by atoms with Crippen molar-refractivity contribution in [1.29, 1.82) is 0 Å². The van der Waals surface area contributed by atoms with Crippen LogP contribution in [-0.4, -0.2) is 29.9 Å². The van der Waals surface area contributed by atoms with Gasteiger partial charge in [-0.2, -0.15) is 0 Å². The van der Waals surface area contributed by atoms with E-state index in [0.717, 1.165) is 11.1 Å². The van der Waals surface area contributed by atoms with E-state index in [1.54, 1.807) is 12.1 Å². The standard InChI is InChI=1S/C16H15NO3/c18-10-15(11-19)17-16(20)14-8-6-13(7-9-14)12-4-2-1-3-5-12/h1-10,15,19H,11H2,(H,17,20). The molecule has 0 aliphatic heterocycles. The molecule has 2 rings (SSSR count). The summed E-state index contributed by atoms with van der Waals surface area (Å²) in [7, 11) is 0. The van der Waals surface area contributed by atoms with Crippen molar-refractivity contribution in [3.8, 4) is 11.1 Å². The van der Waals surface area contributed by atoms with E-state index >= 15 is 0 Å². The molecule has 20 heavy (non-hydrogen) atoms. The highest BCUT2D eigenvalue weighted by atomic mass is 16.3. The van der Waals surface area contributed by atoms with Gasteiger partial charge in [-0.1, -0.05) is 42.5 Å². The van der Waals surface area contributed by atoms with Gasteiger partial charge in [-0.15, -0.1) is 0 Å². The molecule has 1 unspecified atom stereocenters. The summed E-state index contributed by atoms with van der Waals surface area (Å²) in [6, 6.07) is 16.0. The number of nitrogens with one attached hydrogen (secondary N) is 1. The fraction of sp³-hybridized carbons (Fsp3) is 0.125. The molecule has 0 spiro atoms. The molecule has 0 saturated heterocycles. The summed E-state index contributed by atoms with van der Waals surface area (Å²) in [4.78, 5) is 22.4. The topological polar surface area (TPSA) is 66.4 Å². The summed E-state index contributed by atoms with van der Waals surface area (Å²) in [5, 5.41) is 11.3. The minimum atomic E-state index is -0.865. The van der Waals surface area contributed by atoms with Crippen LogP contribution < -0.4 is 5.32 Å². The van der Waals surface area contributed by atoms with Crippen LogP contribution in [0.2, 0.25) is 0 Å². The maximum atomic E-state index is 11.8. The third-order valence-electron chi connectivity index (χ3n) is 2.93. The highest BCUT2D eigenvalue weighted by Crippen LogP contribution is 2.19. The number of carbonyl (C=O) groups is 2. The highest BCUT2D eigenvalue weighted by molar-refractivity contribution is 5.96. The molecule has 102 valence electrons. The lowest BCUT2D eigenvalue weighted by molar-refractivity contribution is -0.110. The van der Waals surface area contributed by atoms with Gasteiger partial charge in [-0.3, -0.25) is 4.79 Å². The van der Waals surface area contributed by atoms with E-state index in [1.165, 1.54) is 0 Å². The first-order valence-electron chi connectivity index (χ1n) is 6.27. The summed E-state index contributed by atoms with van der Waals surface area (Å²) < 4.78 is 0. The zero-order valence-corrected chi connectivity index (χ0v) is 10.8. The van der Waals surface area contributed by atoms with Crippen molar-refractivity contribution in [2.45, 2.75) is 6.04 Å². The van der Waals surface area contributed by atoms with Gasteiger partial charge in [0.15, 0.2) is 0 Å². The monoisotopic (exact) mass is 269 g/mol. The number of rotatable bonds is 5. The van der Waals surface area contributed by atoms with Crippen LogP contribution in [0.1, 0.15) is 10.4 Å². The van der Waals surface area contributed by atoms with Gasteiger partial charge in [0.05, 0.1) is 6.61 Å². The largest absolute Gasteiger partial charge is 0.394 e. The van der Waals surface area contributed by atoms with Crippen LogP contribution >= 0.6 is 0 Å². The Kier molecular flexibility index (Phi) is 4.63. The van der Waals surface area contributed by atoms with Crippen molar-refractivity contribution in [3.63, 3.8) is 0 Å². The lowest BCUT2D eigenvalue weighted by atomic mass is 10.0. The SMILES string of the molecule is O=CC(CO)NC(=O)c1ccc(-c2ccccc2)cc1. The summed E-state index contributed by atoms with van der Waals surface area (Å²) >= 11 is 0. The van der Waals surface area contributed by atoms with Crippen LogP contribution in [0.25, 0.3) is 11.1 Å². The first-order valence-corrected chi connectivity index (χ1v) is 6.27. The number of carbonyl (C=O) groups excluding carboxylic acids is 2. The Labute approximate surface area is 117 Å². The van der Waals surface area contributed by atoms with Crippen LogP contribution in [0.5, 0.6) is 0 Å². The van der Waals surface area contributed by atoms with E-state index in [9.17, 15) is 9.59 Å². The zero-order valence-electron chi connectivity index (χ0n) is 10.8. The maximum absolute atomic E-state index is 11.8. The molecule has 4 nitrogen and oxygen atoms in total. The first-order chi connectivity index (χ1) is 9.74.